The maximum absolute atomic E-state index is 12.0. The van der Waals surface area contributed by atoms with E-state index < -0.39 is 0 Å². The summed E-state index contributed by atoms with van der Waals surface area (Å²) in [7, 11) is 0. The van der Waals surface area contributed by atoms with E-state index in [1.807, 2.05) is 38.1 Å². The second kappa shape index (κ2) is 5.40. The number of anilines is 1. The zero-order chi connectivity index (χ0) is 14.8. The first-order valence-corrected chi connectivity index (χ1v) is 6.88. The van der Waals surface area contributed by atoms with Crippen molar-refractivity contribution in [3.8, 4) is 0 Å². The number of benzene rings is 1. The number of aromatic nitrogens is 4. The fourth-order valence-electron chi connectivity index (χ4n) is 2.29. The van der Waals surface area contributed by atoms with Gasteiger partial charge in [-0.2, -0.15) is 5.10 Å². The quantitative estimate of drug-likeness (QED) is 0.687. The Labute approximate surface area is 122 Å². The average Bonchev–Trinajstić information content (AvgIpc) is 3.03. The van der Waals surface area contributed by atoms with Gasteiger partial charge in [-0.25, -0.2) is 4.98 Å². The monoisotopic (exact) mass is 283 g/mol. The van der Waals surface area contributed by atoms with Crippen molar-refractivity contribution in [2.45, 2.75) is 26.7 Å². The molecule has 3 N–H and O–H groups in total. The topological polar surface area (TPSA) is 86.5 Å². The molecule has 6 heteroatoms. The summed E-state index contributed by atoms with van der Waals surface area (Å²) in [6, 6.07) is 7.84. The van der Waals surface area contributed by atoms with Crippen LogP contribution in [0.4, 0.5) is 5.69 Å². The molecule has 0 saturated carbocycles. The number of fused-ring (bicyclic) bond motifs is 1. The van der Waals surface area contributed by atoms with E-state index in [0.29, 0.717) is 12.8 Å². The number of H-pyrrole nitrogens is 2. The lowest BCUT2D eigenvalue weighted by Crippen LogP contribution is -2.13. The maximum Gasteiger partial charge on any atom is 0.224 e. The van der Waals surface area contributed by atoms with Crippen LogP contribution in [0, 0.1) is 13.8 Å². The molecule has 6 nitrogen and oxygen atoms in total. The summed E-state index contributed by atoms with van der Waals surface area (Å²) >= 11 is 0. The van der Waals surface area contributed by atoms with Crippen LogP contribution in [0.25, 0.3) is 11.0 Å². The molecule has 2 aromatic heterocycles. The highest BCUT2D eigenvalue weighted by atomic mass is 16.1. The van der Waals surface area contributed by atoms with Crippen LogP contribution in [0.2, 0.25) is 0 Å². The molecule has 2 heterocycles. The van der Waals surface area contributed by atoms with Crippen LogP contribution in [0.5, 0.6) is 0 Å². The Morgan fingerprint density at radius 2 is 2.10 bits per heavy atom. The molecular weight excluding hydrogens is 266 g/mol. The molecule has 0 aliphatic carbocycles. The molecular formula is C15H17N5O. The fraction of sp³-hybridized carbons (Fsp3) is 0.267. The van der Waals surface area contributed by atoms with Crippen LogP contribution >= 0.6 is 0 Å². The highest BCUT2D eigenvalue weighted by molar-refractivity contribution is 5.92. The van der Waals surface area contributed by atoms with Gasteiger partial charge in [-0.3, -0.25) is 9.89 Å². The standard InChI is InChI=1S/C15H17N5O/c1-9-15(10(2)20-19-9)18-14(21)8-7-13-16-11-5-3-4-6-12(11)17-13/h3-6H,7-8H2,1-2H3,(H,16,17)(H,18,21)(H,19,20). The smallest absolute Gasteiger partial charge is 0.224 e. The number of nitrogens with one attached hydrogen (secondary N) is 3. The summed E-state index contributed by atoms with van der Waals surface area (Å²) < 4.78 is 0. The average molecular weight is 283 g/mol. The van der Waals surface area contributed by atoms with E-state index in [2.05, 4.69) is 25.5 Å². The minimum atomic E-state index is -0.0388. The number of aromatic amines is 2. The minimum absolute atomic E-state index is 0.0388. The van der Waals surface area contributed by atoms with Gasteiger partial charge in [0.05, 0.1) is 28.1 Å². The second-order valence-electron chi connectivity index (χ2n) is 5.06. The third-order valence-corrected chi connectivity index (χ3v) is 3.42. The summed E-state index contributed by atoms with van der Waals surface area (Å²) in [5, 5.41) is 9.80. The van der Waals surface area contributed by atoms with E-state index in [0.717, 1.165) is 33.9 Å². The molecule has 1 amide bonds. The predicted molar refractivity (Wildman–Crippen MR) is 81.1 cm³/mol. The number of hydrogen-bond acceptors (Lipinski definition) is 3. The van der Waals surface area contributed by atoms with Gasteiger partial charge in [-0.1, -0.05) is 12.1 Å². The molecule has 0 unspecified atom stereocenters. The van der Waals surface area contributed by atoms with E-state index in [4.69, 9.17) is 0 Å². The Morgan fingerprint density at radius 3 is 2.81 bits per heavy atom. The van der Waals surface area contributed by atoms with Crippen molar-refractivity contribution in [1.82, 2.24) is 20.2 Å². The van der Waals surface area contributed by atoms with E-state index in [9.17, 15) is 4.79 Å². The molecule has 0 atom stereocenters. The summed E-state index contributed by atoms with van der Waals surface area (Å²) in [6.45, 7) is 3.74. The lowest BCUT2D eigenvalue weighted by molar-refractivity contribution is -0.116. The van der Waals surface area contributed by atoms with Crippen molar-refractivity contribution in [2.24, 2.45) is 0 Å². The van der Waals surface area contributed by atoms with Crippen LogP contribution in [0.3, 0.4) is 0 Å². The number of imidazole rings is 1. The first-order valence-electron chi connectivity index (χ1n) is 6.88. The first-order chi connectivity index (χ1) is 10.1. The fourth-order valence-corrected chi connectivity index (χ4v) is 2.29. The number of amides is 1. The van der Waals surface area contributed by atoms with Gasteiger partial charge in [-0.15, -0.1) is 0 Å². The highest BCUT2D eigenvalue weighted by Gasteiger charge is 2.11. The Balaban J connectivity index is 1.63. The molecule has 0 saturated heterocycles. The number of aryl methyl sites for hydroxylation is 3. The summed E-state index contributed by atoms with van der Waals surface area (Å²) in [5.41, 5.74) is 4.35. The van der Waals surface area contributed by atoms with Gasteiger partial charge in [0.1, 0.15) is 5.82 Å². The predicted octanol–water partition coefficient (Wildman–Crippen LogP) is 2.47. The van der Waals surface area contributed by atoms with Crippen molar-refractivity contribution in [3.05, 3.63) is 41.5 Å². The summed E-state index contributed by atoms with van der Waals surface area (Å²) in [5.74, 6) is 0.787. The molecule has 0 bridgehead atoms. The third kappa shape index (κ3) is 2.79. The molecule has 108 valence electrons. The lowest BCUT2D eigenvalue weighted by Gasteiger charge is -2.04. The molecule has 0 aliphatic rings. The number of hydrogen-bond donors (Lipinski definition) is 3. The van der Waals surface area contributed by atoms with Gasteiger partial charge in [0.15, 0.2) is 0 Å². The minimum Gasteiger partial charge on any atom is -0.342 e. The molecule has 0 radical (unpaired) electrons. The molecule has 3 aromatic rings. The van der Waals surface area contributed by atoms with Crippen molar-refractivity contribution in [1.29, 1.82) is 0 Å². The Kier molecular flexibility index (Phi) is 3.43. The van der Waals surface area contributed by atoms with Gasteiger partial charge in [0.25, 0.3) is 0 Å². The third-order valence-electron chi connectivity index (χ3n) is 3.42. The molecule has 21 heavy (non-hydrogen) atoms. The van der Waals surface area contributed by atoms with E-state index >= 15 is 0 Å². The zero-order valence-corrected chi connectivity index (χ0v) is 12.0. The molecule has 0 aliphatic heterocycles. The number of nitrogens with zero attached hydrogens (tertiary/aromatic N) is 2. The van der Waals surface area contributed by atoms with Crippen molar-refractivity contribution < 1.29 is 4.79 Å². The van der Waals surface area contributed by atoms with Gasteiger partial charge in [0.2, 0.25) is 5.91 Å². The SMILES string of the molecule is Cc1n[nH]c(C)c1NC(=O)CCc1nc2ccccc2[nH]1. The highest BCUT2D eigenvalue weighted by Crippen LogP contribution is 2.17. The summed E-state index contributed by atoms with van der Waals surface area (Å²) in [6.07, 6.45) is 0.959. The molecule has 0 fully saturated rings. The van der Waals surface area contributed by atoms with Gasteiger partial charge in [0, 0.05) is 12.8 Å². The van der Waals surface area contributed by atoms with Crippen molar-refractivity contribution in [2.75, 3.05) is 5.32 Å². The van der Waals surface area contributed by atoms with Gasteiger partial charge in [-0.05, 0) is 26.0 Å². The van der Waals surface area contributed by atoms with Crippen molar-refractivity contribution in [3.63, 3.8) is 0 Å². The van der Waals surface area contributed by atoms with Crippen LogP contribution in [0.15, 0.2) is 24.3 Å². The molecule has 1 aromatic carbocycles. The zero-order valence-electron chi connectivity index (χ0n) is 12.0. The van der Waals surface area contributed by atoms with E-state index in [1.54, 1.807) is 0 Å². The van der Waals surface area contributed by atoms with Gasteiger partial charge >= 0.3 is 0 Å². The first kappa shape index (κ1) is 13.4. The maximum atomic E-state index is 12.0. The second-order valence-corrected chi connectivity index (χ2v) is 5.06. The normalized spacial score (nSPS) is 11.0. The number of para-hydroxylation sites is 2. The van der Waals surface area contributed by atoms with Crippen LogP contribution in [-0.4, -0.2) is 26.1 Å². The van der Waals surface area contributed by atoms with E-state index in [1.165, 1.54) is 0 Å². The Morgan fingerprint density at radius 1 is 1.29 bits per heavy atom. The number of carbonyl (C=O) groups is 1. The van der Waals surface area contributed by atoms with Crippen LogP contribution in [0.1, 0.15) is 23.6 Å². The van der Waals surface area contributed by atoms with Crippen molar-refractivity contribution >= 4 is 22.6 Å². The Bertz CT molecular complexity index is 734. The molecule has 0 spiro atoms. The number of rotatable bonds is 4. The van der Waals surface area contributed by atoms with Crippen LogP contribution in [-0.2, 0) is 11.2 Å². The largest absolute Gasteiger partial charge is 0.342 e. The van der Waals surface area contributed by atoms with E-state index in [-0.39, 0.29) is 5.91 Å². The Hall–Kier alpha value is -2.63. The van der Waals surface area contributed by atoms with Crippen LogP contribution < -0.4 is 5.32 Å². The number of carbonyl (C=O) groups excluding carboxylic acids is 1. The lowest BCUT2D eigenvalue weighted by atomic mass is 10.2. The summed E-state index contributed by atoms with van der Waals surface area (Å²) in [4.78, 5) is 19.7. The van der Waals surface area contributed by atoms with Gasteiger partial charge < -0.3 is 10.3 Å². The molecule has 3 rings (SSSR count).